The molecule has 1 aromatic carbocycles. The average Bonchev–Trinajstić information content (AvgIpc) is 2.23. The van der Waals surface area contributed by atoms with Crippen LogP contribution in [-0.4, -0.2) is 11.0 Å². The summed E-state index contributed by atoms with van der Waals surface area (Å²) in [6.45, 7) is 8.67. The Morgan fingerprint density at radius 2 is 2.00 bits per heavy atom. The fraction of sp³-hybridized carbons (Fsp3) is 0.538. The van der Waals surface area contributed by atoms with E-state index >= 15 is 0 Å². The molecule has 1 rings (SSSR count). The minimum absolute atomic E-state index is 0.243. The second-order valence-electron chi connectivity index (χ2n) is 4.46. The molecule has 3 N–H and O–H groups in total. The molecule has 0 aliphatic carbocycles. The van der Waals surface area contributed by atoms with Crippen LogP contribution in [0.15, 0.2) is 18.2 Å². The molecular weight excluding hydrogens is 216 g/mol. The number of hydrogen-bond donors (Lipinski definition) is 2. The average molecular weight is 238 g/mol. The molecule has 0 aliphatic rings. The summed E-state index contributed by atoms with van der Waals surface area (Å²) in [5, 5.41) is 0.640. The molecule has 90 valence electrons. The molecule has 0 heterocycles. The fourth-order valence-corrected chi connectivity index (χ4v) is 2.50. The lowest BCUT2D eigenvalue weighted by Crippen LogP contribution is -2.30. The van der Waals surface area contributed by atoms with Crippen molar-refractivity contribution < 1.29 is 0 Å². The van der Waals surface area contributed by atoms with Crippen LogP contribution in [0.3, 0.4) is 0 Å². The quantitative estimate of drug-likeness (QED) is 0.612. The number of nitrogens with two attached hydrogens (primary N) is 1. The van der Waals surface area contributed by atoms with E-state index in [1.165, 1.54) is 16.7 Å². The summed E-state index contributed by atoms with van der Waals surface area (Å²) in [4.78, 5) is 0. The van der Waals surface area contributed by atoms with Gasteiger partial charge in [-0.1, -0.05) is 37.6 Å². The standard InChI is InChI=1S/C13H22N2S/c1-9(2)16-8-13(15-14)12-7-10(3)5-6-11(12)4/h5-7,9,13,15H,8,14H2,1-4H3. The number of hydrazine groups is 1. The van der Waals surface area contributed by atoms with Gasteiger partial charge in [-0.3, -0.25) is 11.3 Å². The third-order valence-electron chi connectivity index (χ3n) is 2.61. The number of rotatable bonds is 5. The lowest BCUT2D eigenvalue weighted by Gasteiger charge is -2.19. The zero-order chi connectivity index (χ0) is 12.1. The van der Waals surface area contributed by atoms with Crippen LogP contribution in [0, 0.1) is 13.8 Å². The van der Waals surface area contributed by atoms with E-state index in [1.807, 2.05) is 11.8 Å². The van der Waals surface area contributed by atoms with Gasteiger partial charge in [-0.15, -0.1) is 0 Å². The van der Waals surface area contributed by atoms with Gasteiger partial charge in [0, 0.05) is 5.75 Å². The van der Waals surface area contributed by atoms with Gasteiger partial charge in [0.1, 0.15) is 0 Å². The Labute approximate surface area is 103 Å². The van der Waals surface area contributed by atoms with E-state index in [2.05, 4.69) is 51.3 Å². The monoisotopic (exact) mass is 238 g/mol. The molecule has 1 aromatic rings. The maximum Gasteiger partial charge on any atom is 0.0553 e. The smallest absolute Gasteiger partial charge is 0.0553 e. The van der Waals surface area contributed by atoms with Crippen LogP contribution in [-0.2, 0) is 0 Å². The maximum atomic E-state index is 5.65. The van der Waals surface area contributed by atoms with Crippen LogP contribution >= 0.6 is 11.8 Å². The first-order valence-electron chi connectivity index (χ1n) is 5.69. The Bertz CT molecular complexity index is 337. The minimum atomic E-state index is 0.243. The zero-order valence-electron chi connectivity index (χ0n) is 10.6. The number of benzene rings is 1. The highest BCUT2D eigenvalue weighted by Crippen LogP contribution is 2.24. The molecule has 0 spiro atoms. The Hall–Kier alpha value is -0.510. The molecule has 0 radical (unpaired) electrons. The maximum absolute atomic E-state index is 5.65. The molecule has 1 unspecified atom stereocenters. The first-order chi connectivity index (χ1) is 7.54. The molecule has 2 nitrogen and oxygen atoms in total. The first-order valence-corrected chi connectivity index (χ1v) is 6.74. The molecule has 0 amide bonds. The van der Waals surface area contributed by atoms with E-state index in [-0.39, 0.29) is 6.04 Å². The van der Waals surface area contributed by atoms with Crippen LogP contribution in [0.5, 0.6) is 0 Å². The van der Waals surface area contributed by atoms with Crippen molar-refractivity contribution in [2.45, 2.75) is 39.0 Å². The summed E-state index contributed by atoms with van der Waals surface area (Å²) < 4.78 is 0. The van der Waals surface area contributed by atoms with Gasteiger partial charge in [0.25, 0.3) is 0 Å². The summed E-state index contributed by atoms with van der Waals surface area (Å²) in [5.41, 5.74) is 6.83. The van der Waals surface area contributed by atoms with Crippen LogP contribution in [0.4, 0.5) is 0 Å². The highest BCUT2D eigenvalue weighted by molar-refractivity contribution is 7.99. The van der Waals surface area contributed by atoms with Crippen molar-refractivity contribution in [3.05, 3.63) is 34.9 Å². The third-order valence-corrected chi connectivity index (χ3v) is 3.80. The number of nitrogens with one attached hydrogen (secondary N) is 1. The molecule has 16 heavy (non-hydrogen) atoms. The van der Waals surface area contributed by atoms with Crippen molar-refractivity contribution in [1.29, 1.82) is 0 Å². The SMILES string of the molecule is Cc1ccc(C)c(C(CSC(C)C)NN)c1. The highest BCUT2D eigenvalue weighted by Gasteiger charge is 2.13. The first kappa shape index (κ1) is 13.6. The second-order valence-corrected chi connectivity index (χ2v) is 6.07. The Balaban J connectivity index is 2.81. The van der Waals surface area contributed by atoms with Gasteiger partial charge in [-0.2, -0.15) is 11.8 Å². The Kier molecular flexibility index (Phi) is 5.32. The molecule has 0 fully saturated rings. The lowest BCUT2D eigenvalue weighted by atomic mass is 10.0. The normalized spacial score (nSPS) is 13.1. The van der Waals surface area contributed by atoms with Gasteiger partial charge < -0.3 is 0 Å². The van der Waals surface area contributed by atoms with Crippen molar-refractivity contribution in [3.63, 3.8) is 0 Å². The summed E-state index contributed by atoms with van der Waals surface area (Å²) in [5.74, 6) is 6.66. The summed E-state index contributed by atoms with van der Waals surface area (Å²) in [6, 6.07) is 6.77. The van der Waals surface area contributed by atoms with Gasteiger partial charge in [-0.25, -0.2) is 0 Å². The molecule has 0 bridgehead atoms. The van der Waals surface area contributed by atoms with E-state index in [1.54, 1.807) is 0 Å². The lowest BCUT2D eigenvalue weighted by molar-refractivity contribution is 0.606. The Morgan fingerprint density at radius 1 is 1.31 bits per heavy atom. The summed E-state index contributed by atoms with van der Waals surface area (Å²) in [7, 11) is 0. The predicted octanol–water partition coefficient (Wildman–Crippen LogP) is 2.95. The molecule has 1 atom stereocenters. The number of hydrogen-bond acceptors (Lipinski definition) is 3. The molecule has 0 saturated carbocycles. The predicted molar refractivity (Wildman–Crippen MR) is 73.6 cm³/mol. The van der Waals surface area contributed by atoms with E-state index < -0.39 is 0 Å². The largest absolute Gasteiger partial charge is 0.271 e. The van der Waals surface area contributed by atoms with Gasteiger partial charge in [-0.05, 0) is 30.2 Å². The zero-order valence-corrected chi connectivity index (χ0v) is 11.4. The molecule has 0 aliphatic heterocycles. The molecule has 0 aromatic heterocycles. The van der Waals surface area contributed by atoms with Crippen molar-refractivity contribution >= 4 is 11.8 Å². The molecule has 3 heteroatoms. The highest BCUT2D eigenvalue weighted by atomic mass is 32.2. The number of aryl methyl sites for hydroxylation is 2. The van der Waals surface area contributed by atoms with Crippen LogP contribution < -0.4 is 11.3 Å². The Morgan fingerprint density at radius 3 is 2.56 bits per heavy atom. The van der Waals surface area contributed by atoms with E-state index in [4.69, 9.17) is 5.84 Å². The summed E-state index contributed by atoms with van der Waals surface area (Å²) in [6.07, 6.45) is 0. The van der Waals surface area contributed by atoms with Crippen molar-refractivity contribution in [1.82, 2.24) is 5.43 Å². The number of thioether (sulfide) groups is 1. The van der Waals surface area contributed by atoms with Crippen LogP contribution in [0.2, 0.25) is 0 Å². The van der Waals surface area contributed by atoms with E-state index in [0.29, 0.717) is 5.25 Å². The van der Waals surface area contributed by atoms with E-state index in [9.17, 15) is 0 Å². The van der Waals surface area contributed by atoms with Gasteiger partial charge in [0.05, 0.1) is 6.04 Å². The van der Waals surface area contributed by atoms with Gasteiger partial charge in [0.15, 0.2) is 0 Å². The van der Waals surface area contributed by atoms with Gasteiger partial charge in [0.2, 0.25) is 0 Å². The van der Waals surface area contributed by atoms with Crippen molar-refractivity contribution in [2.24, 2.45) is 5.84 Å². The van der Waals surface area contributed by atoms with E-state index in [0.717, 1.165) is 5.75 Å². The van der Waals surface area contributed by atoms with Gasteiger partial charge >= 0.3 is 0 Å². The fourth-order valence-electron chi connectivity index (χ4n) is 1.65. The topological polar surface area (TPSA) is 38.0 Å². The van der Waals surface area contributed by atoms with Crippen molar-refractivity contribution in [3.8, 4) is 0 Å². The molecule has 0 saturated heterocycles. The third kappa shape index (κ3) is 3.81. The molecular formula is C13H22N2S. The van der Waals surface area contributed by atoms with Crippen LogP contribution in [0.25, 0.3) is 0 Å². The second kappa shape index (κ2) is 6.28. The minimum Gasteiger partial charge on any atom is -0.271 e. The van der Waals surface area contributed by atoms with Crippen molar-refractivity contribution in [2.75, 3.05) is 5.75 Å². The summed E-state index contributed by atoms with van der Waals surface area (Å²) >= 11 is 1.93. The van der Waals surface area contributed by atoms with Crippen LogP contribution in [0.1, 0.15) is 36.6 Å².